The Bertz CT molecular complexity index is 521. The summed E-state index contributed by atoms with van der Waals surface area (Å²) in [5.41, 5.74) is 1.37. The second-order valence-electron chi connectivity index (χ2n) is 4.60. The van der Waals surface area contributed by atoms with Crippen LogP contribution in [0, 0.1) is 3.57 Å². The lowest BCUT2D eigenvalue weighted by Crippen LogP contribution is -2.22. The Balaban J connectivity index is 2.29. The summed E-state index contributed by atoms with van der Waals surface area (Å²) in [6.07, 6.45) is 2.28. The number of thiophene rings is 1. The molecular weight excluding hydrogens is 365 g/mol. The Morgan fingerprint density at radius 2 is 2.05 bits per heavy atom. The zero-order valence-electron chi connectivity index (χ0n) is 11.4. The van der Waals surface area contributed by atoms with Gasteiger partial charge in [-0.05, 0) is 71.8 Å². The van der Waals surface area contributed by atoms with E-state index in [9.17, 15) is 0 Å². The summed E-state index contributed by atoms with van der Waals surface area (Å²) in [6.45, 7) is 5.48. The largest absolute Gasteiger partial charge is 0.306 e. The van der Waals surface area contributed by atoms with Gasteiger partial charge in [0.25, 0.3) is 0 Å². The maximum absolute atomic E-state index is 3.67. The second kappa shape index (κ2) is 7.41. The van der Waals surface area contributed by atoms with E-state index in [2.05, 4.69) is 78.2 Å². The van der Waals surface area contributed by atoms with E-state index in [1.54, 1.807) is 0 Å². The Morgan fingerprint density at radius 3 is 2.68 bits per heavy atom. The molecule has 0 aliphatic rings. The Morgan fingerprint density at radius 1 is 1.21 bits per heavy atom. The second-order valence-corrected chi connectivity index (χ2v) is 7.05. The summed E-state index contributed by atoms with van der Waals surface area (Å²) in [6, 6.07) is 13.7. The monoisotopic (exact) mass is 385 g/mol. The third-order valence-electron chi connectivity index (χ3n) is 3.10. The van der Waals surface area contributed by atoms with Gasteiger partial charge in [0.05, 0.1) is 6.04 Å². The van der Waals surface area contributed by atoms with Gasteiger partial charge in [0.1, 0.15) is 0 Å². The molecule has 1 aromatic heterocycles. The summed E-state index contributed by atoms with van der Waals surface area (Å²) in [7, 11) is 0. The Hall–Kier alpha value is -0.390. The average Bonchev–Trinajstić information content (AvgIpc) is 2.88. The van der Waals surface area contributed by atoms with Gasteiger partial charge in [-0.15, -0.1) is 11.3 Å². The molecule has 0 radical (unpaired) electrons. The first-order valence-electron chi connectivity index (χ1n) is 6.82. The Labute approximate surface area is 133 Å². The van der Waals surface area contributed by atoms with Crippen LogP contribution in [0.15, 0.2) is 36.4 Å². The van der Waals surface area contributed by atoms with Gasteiger partial charge in [0.15, 0.2) is 0 Å². The third kappa shape index (κ3) is 4.04. The maximum atomic E-state index is 3.67. The molecule has 0 bridgehead atoms. The van der Waals surface area contributed by atoms with E-state index in [-0.39, 0.29) is 0 Å². The predicted molar refractivity (Wildman–Crippen MR) is 93.0 cm³/mol. The highest BCUT2D eigenvalue weighted by Gasteiger charge is 2.15. The SMILES string of the molecule is CCCNC(c1cccc(I)c1)c1ccc(CC)s1. The molecule has 102 valence electrons. The molecule has 0 spiro atoms. The summed E-state index contributed by atoms with van der Waals surface area (Å²) >= 11 is 4.31. The van der Waals surface area contributed by atoms with Gasteiger partial charge in [-0.3, -0.25) is 0 Å². The topological polar surface area (TPSA) is 12.0 Å². The number of hydrogen-bond donors (Lipinski definition) is 1. The van der Waals surface area contributed by atoms with Crippen LogP contribution in [0.1, 0.15) is 41.6 Å². The molecule has 0 amide bonds. The molecule has 0 saturated heterocycles. The summed E-state index contributed by atoms with van der Waals surface area (Å²) < 4.78 is 1.30. The van der Waals surface area contributed by atoms with Crippen molar-refractivity contribution in [2.24, 2.45) is 0 Å². The molecule has 1 nitrogen and oxygen atoms in total. The van der Waals surface area contributed by atoms with Crippen molar-refractivity contribution in [3.05, 3.63) is 55.3 Å². The van der Waals surface area contributed by atoms with Crippen LogP contribution in [0.5, 0.6) is 0 Å². The van der Waals surface area contributed by atoms with E-state index in [1.807, 2.05) is 11.3 Å². The lowest BCUT2D eigenvalue weighted by molar-refractivity contribution is 0.605. The number of aryl methyl sites for hydroxylation is 1. The van der Waals surface area contributed by atoms with Crippen molar-refractivity contribution in [2.75, 3.05) is 6.54 Å². The minimum Gasteiger partial charge on any atom is -0.306 e. The fourth-order valence-corrected chi connectivity index (χ4v) is 3.72. The first kappa shape index (κ1) is 15.0. The van der Waals surface area contributed by atoms with Crippen LogP contribution in [0.2, 0.25) is 0 Å². The molecule has 19 heavy (non-hydrogen) atoms. The van der Waals surface area contributed by atoms with Crippen LogP contribution in [0.4, 0.5) is 0 Å². The van der Waals surface area contributed by atoms with Crippen LogP contribution in [-0.2, 0) is 6.42 Å². The van der Waals surface area contributed by atoms with Crippen molar-refractivity contribution in [3.8, 4) is 0 Å². The van der Waals surface area contributed by atoms with Gasteiger partial charge >= 0.3 is 0 Å². The van der Waals surface area contributed by atoms with Crippen molar-refractivity contribution in [3.63, 3.8) is 0 Å². The average molecular weight is 385 g/mol. The van der Waals surface area contributed by atoms with Crippen LogP contribution < -0.4 is 5.32 Å². The normalized spacial score (nSPS) is 12.6. The third-order valence-corrected chi connectivity index (χ3v) is 5.06. The van der Waals surface area contributed by atoms with Gasteiger partial charge in [0, 0.05) is 13.3 Å². The Kier molecular flexibility index (Phi) is 5.85. The molecule has 3 heteroatoms. The van der Waals surface area contributed by atoms with Crippen LogP contribution in [-0.4, -0.2) is 6.54 Å². The zero-order chi connectivity index (χ0) is 13.7. The van der Waals surface area contributed by atoms with Crippen molar-refractivity contribution >= 4 is 33.9 Å². The molecule has 0 fully saturated rings. The highest BCUT2D eigenvalue weighted by Crippen LogP contribution is 2.29. The molecule has 1 heterocycles. The lowest BCUT2D eigenvalue weighted by atomic mass is 10.1. The maximum Gasteiger partial charge on any atom is 0.0671 e. The number of halogens is 1. The van der Waals surface area contributed by atoms with Crippen molar-refractivity contribution in [1.82, 2.24) is 5.32 Å². The number of hydrogen-bond acceptors (Lipinski definition) is 2. The van der Waals surface area contributed by atoms with Crippen LogP contribution in [0.25, 0.3) is 0 Å². The van der Waals surface area contributed by atoms with Crippen molar-refractivity contribution < 1.29 is 0 Å². The smallest absolute Gasteiger partial charge is 0.0671 e. The van der Waals surface area contributed by atoms with E-state index in [0.29, 0.717) is 6.04 Å². The predicted octanol–water partition coefficient (Wildman–Crippen LogP) is 5.00. The van der Waals surface area contributed by atoms with Crippen molar-refractivity contribution in [2.45, 2.75) is 32.7 Å². The van der Waals surface area contributed by atoms with Crippen molar-refractivity contribution in [1.29, 1.82) is 0 Å². The van der Waals surface area contributed by atoms with E-state index < -0.39 is 0 Å². The van der Waals surface area contributed by atoms with Gasteiger partial charge in [-0.25, -0.2) is 0 Å². The van der Waals surface area contributed by atoms with E-state index in [4.69, 9.17) is 0 Å². The minimum absolute atomic E-state index is 0.333. The first-order chi connectivity index (χ1) is 9.24. The molecular formula is C16H20INS. The molecule has 1 N–H and O–H groups in total. The van der Waals surface area contributed by atoms with E-state index >= 15 is 0 Å². The number of benzene rings is 1. The highest BCUT2D eigenvalue weighted by atomic mass is 127. The standard InChI is InChI=1S/C16H20INS/c1-3-10-18-16(12-6-5-7-13(17)11-12)15-9-8-14(4-2)19-15/h5-9,11,16,18H,3-4,10H2,1-2H3. The van der Waals surface area contributed by atoms with E-state index in [0.717, 1.165) is 19.4 Å². The van der Waals surface area contributed by atoms with Crippen LogP contribution in [0.3, 0.4) is 0 Å². The molecule has 0 aliphatic carbocycles. The summed E-state index contributed by atoms with van der Waals surface area (Å²) in [5, 5.41) is 3.67. The first-order valence-corrected chi connectivity index (χ1v) is 8.71. The molecule has 2 rings (SSSR count). The number of rotatable bonds is 6. The number of nitrogens with one attached hydrogen (secondary N) is 1. The quantitative estimate of drug-likeness (QED) is 0.690. The molecule has 0 saturated carbocycles. The molecule has 2 aromatic rings. The molecule has 0 aliphatic heterocycles. The summed E-state index contributed by atoms with van der Waals surface area (Å²) in [4.78, 5) is 2.89. The molecule has 1 aromatic carbocycles. The zero-order valence-corrected chi connectivity index (χ0v) is 14.4. The summed E-state index contributed by atoms with van der Waals surface area (Å²) in [5.74, 6) is 0. The van der Waals surface area contributed by atoms with E-state index in [1.165, 1.54) is 18.9 Å². The van der Waals surface area contributed by atoms with Gasteiger partial charge in [-0.1, -0.05) is 26.0 Å². The molecule has 1 atom stereocenters. The van der Waals surface area contributed by atoms with Crippen LogP contribution >= 0.6 is 33.9 Å². The van der Waals surface area contributed by atoms with Gasteiger partial charge in [-0.2, -0.15) is 0 Å². The highest BCUT2D eigenvalue weighted by molar-refractivity contribution is 14.1. The van der Waals surface area contributed by atoms with Gasteiger partial charge in [0.2, 0.25) is 0 Å². The molecule has 1 unspecified atom stereocenters. The minimum atomic E-state index is 0.333. The lowest BCUT2D eigenvalue weighted by Gasteiger charge is -2.18. The fraction of sp³-hybridized carbons (Fsp3) is 0.375. The van der Waals surface area contributed by atoms with Gasteiger partial charge < -0.3 is 5.32 Å². The fourth-order valence-electron chi connectivity index (χ4n) is 2.10.